The fourth-order valence-electron chi connectivity index (χ4n) is 0.708. The molecule has 0 amide bonds. The summed E-state index contributed by atoms with van der Waals surface area (Å²) < 4.78 is 0. The van der Waals surface area contributed by atoms with Crippen molar-refractivity contribution >= 4 is 11.9 Å². The monoisotopic (exact) mass is 244 g/mol. The normalized spacial score (nSPS) is 8.82. The number of carboxylic acid groups (broad SMARTS) is 2. The Morgan fingerprint density at radius 1 is 1.00 bits per heavy atom. The van der Waals surface area contributed by atoms with Gasteiger partial charge in [-0.05, 0) is 25.7 Å². The van der Waals surface area contributed by atoms with Gasteiger partial charge in [0.1, 0.15) is 0 Å². The van der Waals surface area contributed by atoms with Gasteiger partial charge in [0.15, 0.2) is 0 Å². The first kappa shape index (κ1) is 17.8. The van der Waals surface area contributed by atoms with Gasteiger partial charge in [-0.1, -0.05) is 20.1 Å². The number of aliphatic hydroxyl groups excluding tert-OH is 1. The molecule has 17 heavy (non-hydrogen) atoms. The minimum atomic E-state index is -0.946. The smallest absolute Gasteiger partial charge is 0.330 e. The molecule has 0 heterocycles. The van der Waals surface area contributed by atoms with Crippen molar-refractivity contribution in [2.24, 2.45) is 0 Å². The van der Waals surface area contributed by atoms with E-state index < -0.39 is 11.9 Å². The summed E-state index contributed by atoms with van der Waals surface area (Å²) in [7, 11) is 0. The minimum absolute atomic E-state index is 0.118. The molecule has 0 atom stereocenters. The lowest BCUT2D eigenvalue weighted by Gasteiger charge is -1.96. The van der Waals surface area contributed by atoms with E-state index in [4.69, 9.17) is 15.3 Å². The van der Waals surface area contributed by atoms with E-state index in [1.165, 1.54) is 0 Å². The van der Waals surface area contributed by atoms with Gasteiger partial charge in [0.05, 0.1) is 0 Å². The zero-order valence-corrected chi connectivity index (χ0v) is 10.1. The van der Waals surface area contributed by atoms with Crippen LogP contribution in [-0.2, 0) is 9.59 Å². The second-order valence-corrected chi connectivity index (χ2v) is 3.35. The summed E-state index contributed by atoms with van der Waals surface area (Å²) in [6.07, 6.45) is 2.33. The molecule has 5 nitrogen and oxygen atoms in total. The van der Waals surface area contributed by atoms with Gasteiger partial charge in [-0.15, -0.1) is 0 Å². The van der Waals surface area contributed by atoms with E-state index in [1.54, 1.807) is 6.92 Å². The van der Waals surface area contributed by atoms with E-state index in [0.717, 1.165) is 0 Å². The van der Waals surface area contributed by atoms with Crippen molar-refractivity contribution in [3.05, 3.63) is 24.3 Å². The Kier molecular flexibility index (Phi) is 11.4. The van der Waals surface area contributed by atoms with Gasteiger partial charge >= 0.3 is 11.9 Å². The molecule has 0 bridgehead atoms. The van der Waals surface area contributed by atoms with Gasteiger partial charge in [0, 0.05) is 17.8 Å². The molecule has 0 aliphatic rings. The minimum Gasteiger partial charge on any atom is -0.478 e. The Hall–Kier alpha value is -1.62. The zero-order valence-electron chi connectivity index (χ0n) is 10.1. The van der Waals surface area contributed by atoms with E-state index in [0.29, 0.717) is 25.7 Å². The molecule has 98 valence electrons. The van der Waals surface area contributed by atoms with Crippen LogP contribution in [0.5, 0.6) is 0 Å². The van der Waals surface area contributed by atoms with Crippen molar-refractivity contribution in [2.45, 2.75) is 32.6 Å². The van der Waals surface area contributed by atoms with Gasteiger partial charge < -0.3 is 15.3 Å². The largest absolute Gasteiger partial charge is 0.478 e. The molecular weight excluding hydrogens is 224 g/mol. The molecule has 0 unspecified atom stereocenters. The highest BCUT2D eigenvalue weighted by Crippen LogP contribution is 2.03. The molecular formula is C12H20O5. The molecule has 0 saturated carbocycles. The van der Waals surface area contributed by atoms with Gasteiger partial charge in [0.25, 0.3) is 0 Å². The first-order chi connectivity index (χ1) is 7.86. The van der Waals surface area contributed by atoms with Crippen LogP contribution >= 0.6 is 0 Å². The standard InChI is InChI=1S/C7H12O3.C5H8O2/c1-6(7(9)10)4-2-3-5-8;1-3-4(2)5(6)7/h8H,1-5H2,(H,9,10);2-3H2,1H3,(H,6,7). The molecule has 0 aromatic rings. The van der Waals surface area contributed by atoms with Crippen molar-refractivity contribution in [3.63, 3.8) is 0 Å². The van der Waals surface area contributed by atoms with E-state index in [9.17, 15) is 9.59 Å². The summed E-state index contributed by atoms with van der Waals surface area (Å²) in [6.45, 7) is 8.50. The Morgan fingerprint density at radius 3 is 1.71 bits per heavy atom. The Morgan fingerprint density at radius 2 is 1.47 bits per heavy atom. The average molecular weight is 244 g/mol. The highest BCUT2D eigenvalue weighted by Gasteiger charge is 2.01. The fraction of sp³-hybridized carbons (Fsp3) is 0.500. The lowest BCUT2D eigenvalue weighted by atomic mass is 10.1. The first-order valence-electron chi connectivity index (χ1n) is 5.29. The average Bonchev–Trinajstić information content (AvgIpc) is 2.28. The summed E-state index contributed by atoms with van der Waals surface area (Å²) >= 11 is 0. The Balaban J connectivity index is 0. The molecule has 0 aliphatic heterocycles. The van der Waals surface area contributed by atoms with Crippen molar-refractivity contribution in [3.8, 4) is 0 Å². The van der Waals surface area contributed by atoms with Gasteiger partial charge in [-0.2, -0.15) is 0 Å². The summed E-state index contributed by atoms with van der Waals surface area (Å²) in [6, 6.07) is 0. The molecule has 0 aromatic heterocycles. The van der Waals surface area contributed by atoms with Crippen LogP contribution in [0.25, 0.3) is 0 Å². The second kappa shape index (κ2) is 10.9. The molecule has 0 spiro atoms. The third kappa shape index (κ3) is 12.3. The van der Waals surface area contributed by atoms with Gasteiger partial charge in [-0.25, -0.2) is 9.59 Å². The van der Waals surface area contributed by atoms with Crippen LogP contribution in [0.15, 0.2) is 24.3 Å². The number of hydrogen-bond acceptors (Lipinski definition) is 3. The van der Waals surface area contributed by atoms with Crippen LogP contribution in [0, 0.1) is 0 Å². The predicted molar refractivity (Wildman–Crippen MR) is 64.8 cm³/mol. The van der Waals surface area contributed by atoms with Crippen LogP contribution in [-0.4, -0.2) is 33.9 Å². The number of carboxylic acids is 2. The number of unbranched alkanes of at least 4 members (excludes halogenated alkanes) is 1. The highest BCUT2D eigenvalue weighted by molar-refractivity contribution is 5.85. The van der Waals surface area contributed by atoms with Crippen molar-refractivity contribution < 1.29 is 24.9 Å². The number of carbonyl (C=O) groups is 2. The molecule has 0 saturated heterocycles. The van der Waals surface area contributed by atoms with Crippen molar-refractivity contribution in [1.82, 2.24) is 0 Å². The summed E-state index contributed by atoms with van der Waals surface area (Å²) in [4.78, 5) is 20.0. The number of hydrogen-bond donors (Lipinski definition) is 3. The summed E-state index contributed by atoms with van der Waals surface area (Å²) in [5, 5.41) is 24.7. The molecule has 0 rings (SSSR count). The maximum atomic E-state index is 10.1. The van der Waals surface area contributed by atoms with Crippen LogP contribution < -0.4 is 0 Å². The lowest BCUT2D eigenvalue weighted by Crippen LogP contribution is -1.98. The van der Waals surface area contributed by atoms with E-state index in [1.807, 2.05) is 0 Å². The first-order valence-corrected chi connectivity index (χ1v) is 5.29. The van der Waals surface area contributed by atoms with Gasteiger partial charge in [-0.3, -0.25) is 0 Å². The second-order valence-electron chi connectivity index (χ2n) is 3.35. The molecule has 3 N–H and O–H groups in total. The SMILES string of the molecule is C=C(CC)C(=O)O.C=C(CCCCO)C(=O)O. The maximum Gasteiger partial charge on any atom is 0.330 e. The number of aliphatic hydroxyl groups is 1. The van der Waals surface area contributed by atoms with Crippen molar-refractivity contribution in [2.75, 3.05) is 6.61 Å². The van der Waals surface area contributed by atoms with E-state index in [2.05, 4.69) is 13.2 Å². The van der Waals surface area contributed by atoms with Gasteiger partial charge in [0.2, 0.25) is 0 Å². The number of aliphatic carboxylic acids is 2. The molecule has 0 aliphatic carbocycles. The van der Waals surface area contributed by atoms with Crippen molar-refractivity contribution in [1.29, 1.82) is 0 Å². The van der Waals surface area contributed by atoms with Crippen LogP contribution in [0.1, 0.15) is 32.6 Å². The number of rotatable bonds is 7. The quantitative estimate of drug-likeness (QED) is 0.469. The fourth-order valence-corrected chi connectivity index (χ4v) is 0.708. The summed E-state index contributed by atoms with van der Waals surface area (Å²) in [5.41, 5.74) is 0.480. The lowest BCUT2D eigenvalue weighted by molar-refractivity contribution is -0.133. The topological polar surface area (TPSA) is 94.8 Å². The Labute approximate surface area is 101 Å². The molecule has 0 aromatic carbocycles. The Bertz CT molecular complexity index is 281. The zero-order chi connectivity index (χ0) is 13.8. The molecule has 0 fully saturated rings. The third-order valence-corrected chi connectivity index (χ3v) is 1.92. The third-order valence-electron chi connectivity index (χ3n) is 1.92. The molecule has 5 heteroatoms. The predicted octanol–water partition coefficient (Wildman–Crippen LogP) is 1.83. The van der Waals surface area contributed by atoms with Crippen LogP contribution in [0.4, 0.5) is 0 Å². The highest BCUT2D eigenvalue weighted by atomic mass is 16.4. The molecule has 0 radical (unpaired) electrons. The summed E-state index contributed by atoms with van der Waals surface area (Å²) in [5.74, 6) is -1.85. The van der Waals surface area contributed by atoms with Crippen LogP contribution in [0.3, 0.4) is 0 Å². The van der Waals surface area contributed by atoms with Crippen LogP contribution in [0.2, 0.25) is 0 Å². The van der Waals surface area contributed by atoms with E-state index in [-0.39, 0.29) is 17.8 Å². The van der Waals surface area contributed by atoms with E-state index >= 15 is 0 Å². The maximum absolute atomic E-state index is 10.1.